The van der Waals surface area contributed by atoms with Gasteiger partial charge in [-0.1, -0.05) is 18.2 Å². The highest BCUT2D eigenvalue weighted by molar-refractivity contribution is 6.36. The van der Waals surface area contributed by atoms with Crippen LogP contribution < -0.4 is 10.6 Å². The van der Waals surface area contributed by atoms with Crippen molar-refractivity contribution in [3.8, 4) is 0 Å². The minimum absolute atomic E-state index is 0.0506. The molecule has 0 unspecified atom stereocenters. The molecule has 5 rings (SSSR count). The number of nitrogens with one attached hydrogen (secondary N) is 3. The Morgan fingerprint density at radius 2 is 2.16 bits per heavy atom. The molecule has 2 fully saturated rings. The largest absolute Gasteiger partial charge is 0.365 e. The van der Waals surface area contributed by atoms with Crippen LogP contribution in [0, 0.1) is 0 Å². The third-order valence-corrected chi connectivity index (χ3v) is 6.24. The molecule has 1 saturated carbocycles. The first-order valence-corrected chi connectivity index (χ1v) is 10.9. The number of aromatic amines is 1. The van der Waals surface area contributed by atoms with Gasteiger partial charge in [0.1, 0.15) is 11.5 Å². The molecule has 4 heterocycles. The predicted molar refractivity (Wildman–Crippen MR) is 121 cm³/mol. The fraction of sp³-hybridized carbons (Fsp3) is 0.429. The Balaban J connectivity index is 1.40. The maximum absolute atomic E-state index is 12.2. The van der Waals surface area contributed by atoms with Crippen LogP contribution in [0.5, 0.6) is 0 Å². The molecule has 1 amide bonds. The Morgan fingerprint density at radius 1 is 1.32 bits per heavy atom. The maximum atomic E-state index is 12.2. The van der Waals surface area contributed by atoms with Crippen molar-refractivity contribution >= 4 is 46.0 Å². The van der Waals surface area contributed by atoms with Crippen LogP contribution in [0.2, 0.25) is 5.02 Å². The van der Waals surface area contributed by atoms with Gasteiger partial charge in [0, 0.05) is 31.0 Å². The molecule has 2 atom stereocenters. The van der Waals surface area contributed by atoms with E-state index in [-0.39, 0.29) is 18.0 Å². The van der Waals surface area contributed by atoms with Crippen molar-refractivity contribution < 1.29 is 4.79 Å². The number of H-pyrrole nitrogens is 1. The number of aromatic nitrogens is 5. The van der Waals surface area contributed by atoms with E-state index in [4.69, 9.17) is 16.6 Å². The third-order valence-electron chi connectivity index (χ3n) is 5.94. The summed E-state index contributed by atoms with van der Waals surface area (Å²) in [5, 5.41) is 12.4. The van der Waals surface area contributed by atoms with Crippen molar-refractivity contribution in [2.24, 2.45) is 0 Å². The number of nitrogens with zero attached hydrogens (tertiary/aromatic N) is 5. The smallest absolute Gasteiger partial charge is 0.246 e. The van der Waals surface area contributed by atoms with Gasteiger partial charge in [0.2, 0.25) is 11.9 Å². The van der Waals surface area contributed by atoms with Crippen LogP contribution in [0.3, 0.4) is 0 Å². The summed E-state index contributed by atoms with van der Waals surface area (Å²) in [7, 11) is 0. The van der Waals surface area contributed by atoms with Gasteiger partial charge in [0.15, 0.2) is 0 Å². The van der Waals surface area contributed by atoms with Crippen LogP contribution >= 0.6 is 11.6 Å². The number of likely N-dealkylation sites (tertiary alicyclic amines) is 1. The summed E-state index contributed by atoms with van der Waals surface area (Å²) in [6.45, 7) is 6.27. The van der Waals surface area contributed by atoms with E-state index in [0.717, 1.165) is 23.9 Å². The number of anilines is 3. The zero-order valence-electron chi connectivity index (χ0n) is 17.3. The summed E-state index contributed by atoms with van der Waals surface area (Å²) < 4.78 is 1.97. The Kier molecular flexibility index (Phi) is 5.05. The van der Waals surface area contributed by atoms with E-state index in [0.29, 0.717) is 35.0 Å². The lowest BCUT2D eigenvalue weighted by Crippen LogP contribution is -2.49. The van der Waals surface area contributed by atoms with E-state index >= 15 is 0 Å². The molecule has 0 spiro atoms. The van der Waals surface area contributed by atoms with Gasteiger partial charge in [-0.15, -0.1) is 0 Å². The Bertz CT molecular complexity index is 1130. The number of halogens is 1. The second-order valence-corrected chi connectivity index (χ2v) is 8.69. The van der Waals surface area contributed by atoms with Crippen molar-refractivity contribution in [3.63, 3.8) is 0 Å². The number of hydrogen-bond donors (Lipinski definition) is 3. The molecule has 1 aliphatic carbocycles. The lowest BCUT2D eigenvalue weighted by molar-refractivity contribution is -0.129. The summed E-state index contributed by atoms with van der Waals surface area (Å²) in [5.74, 6) is 1.03. The van der Waals surface area contributed by atoms with Crippen LogP contribution in [0.15, 0.2) is 31.2 Å². The lowest BCUT2D eigenvalue weighted by atomic mass is 9.99. The highest BCUT2D eigenvalue weighted by Gasteiger charge is 2.29. The molecular formula is C21H25ClN8O. The van der Waals surface area contributed by atoms with E-state index in [9.17, 15) is 4.79 Å². The zero-order valence-corrected chi connectivity index (χ0v) is 18.1. The monoisotopic (exact) mass is 440 g/mol. The molecule has 0 radical (unpaired) electrons. The van der Waals surface area contributed by atoms with Gasteiger partial charge >= 0.3 is 0 Å². The number of hydrogen-bond acceptors (Lipinski definition) is 6. The standard InChI is InChI=1S/C21H25ClN8O/c1-3-17(31)29-10-13(5-4-12(29)2)25-20-18-16(22)9-23-19(18)27-21(28-20)26-14-8-24-30(11-14)15-6-7-15/h3,8-9,11-13,15H,1,4-7,10H2,2H3,(H3,23,25,26,27,28)/t12-,13+/m0/s1. The topological polar surface area (TPSA) is 104 Å². The van der Waals surface area contributed by atoms with Crippen molar-refractivity contribution in [2.75, 3.05) is 17.2 Å². The van der Waals surface area contributed by atoms with Gasteiger partial charge in [-0.05, 0) is 38.7 Å². The highest BCUT2D eigenvalue weighted by atomic mass is 35.5. The number of amides is 1. The number of carbonyl (C=O) groups excluding carboxylic acids is 1. The molecule has 1 aliphatic heterocycles. The molecule has 162 valence electrons. The molecule has 1 saturated heterocycles. The molecule has 31 heavy (non-hydrogen) atoms. The average molecular weight is 441 g/mol. The van der Waals surface area contributed by atoms with E-state index in [1.165, 1.54) is 18.9 Å². The van der Waals surface area contributed by atoms with Crippen LogP contribution in [-0.2, 0) is 4.79 Å². The van der Waals surface area contributed by atoms with E-state index in [2.05, 4.69) is 39.2 Å². The first-order valence-electron chi connectivity index (χ1n) is 10.6. The van der Waals surface area contributed by atoms with Crippen molar-refractivity contribution in [3.05, 3.63) is 36.3 Å². The van der Waals surface area contributed by atoms with E-state index in [1.54, 1.807) is 12.4 Å². The quantitative estimate of drug-likeness (QED) is 0.503. The van der Waals surface area contributed by atoms with E-state index in [1.807, 2.05) is 15.8 Å². The van der Waals surface area contributed by atoms with Crippen LogP contribution in [0.25, 0.3) is 11.0 Å². The Morgan fingerprint density at radius 3 is 2.94 bits per heavy atom. The summed E-state index contributed by atoms with van der Waals surface area (Å²) >= 11 is 6.42. The Labute approximate surface area is 184 Å². The first kappa shape index (κ1) is 19.9. The minimum Gasteiger partial charge on any atom is -0.365 e. The minimum atomic E-state index is -0.0541. The molecule has 9 nitrogen and oxygen atoms in total. The summed E-state index contributed by atoms with van der Waals surface area (Å²) in [5.41, 5.74) is 1.48. The van der Waals surface area contributed by atoms with Crippen molar-refractivity contribution in [2.45, 2.75) is 50.7 Å². The normalized spacial score (nSPS) is 21.3. The van der Waals surface area contributed by atoms with Gasteiger partial charge in [0.05, 0.1) is 28.3 Å². The van der Waals surface area contributed by atoms with Gasteiger partial charge in [0.25, 0.3) is 0 Å². The maximum Gasteiger partial charge on any atom is 0.246 e. The van der Waals surface area contributed by atoms with Crippen LogP contribution in [0.4, 0.5) is 17.5 Å². The molecule has 3 N–H and O–H groups in total. The molecule has 0 aromatic carbocycles. The molecular weight excluding hydrogens is 416 g/mol. The highest BCUT2D eigenvalue weighted by Crippen LogP contribution is 2.35. The Hall–Kier alpha value is -3.07. The van der Waals surface area contributed by atoms with Crippen molar-refractivity contribution in [1.29, 1.82) is 0 Å². The molecule has 3 aromatic rings. The second kappa shape index (κ2) is 7.88. The average Bonchev–Trinajstić information content (AvgIpc) is 3.40. The summed E-state index contributed by atoms with van der Waals surface area (Å²) in [6.07, 6.45) is 11.0. The van der Waals surface area contributed by atoms with Gasteiger partial charge < -0.3 is 20.5 Å². The molecule has 0 bridgehead atoms. The van der Waals surface area contributed by atoms with Gasteiger partial charge in [-0.25, -0.2) is 0 Å². The summed E-state index contributed by atoms with van der Waals surface area (Å²) in [4.78, 5) is 26.4. The predicted octanol–water partition coefficient (Wildman–Crippen LogP) is 3.86. The SMILES string of the molecule is C=CC(=O)N1C[C@H](Nc2nc(Nc3cnn(C4CC4)c3)nc3[nH]cc(Cl)c23)CC[C@@H]1C. The zero-order chi connectivity index (χ0) is 21.5. The number of carbonyl (C=O) groups is 1. The molecule has 2 aliphatic rings. The third kappa shape index (κ3) is 3.97. The molecule has 10 heteroatoms. The van der Waals surface area contributed by atoms with Crippen molar-refractivity contribution in [1.82, 2.24) is 29.6 Å². The fourth-order valence-electron chi connectivity index (χ4n) is 4.07. The number of piperidine rings is 1. The van der Waals surface area contributed by atoms with E-state index < -0.39 is 0 Å². The number of fused-ring (bicyclic) bond motifs is 1. The first-order chi connectivity index (χ1) is 15.0. The van der Waals surface area contributed by atoms with Crippen LogP contribution in [-0.4, -0.2) is 54.2 Å². The fourth-order valence-corrected chi connectivity index (χ4v) is 4.30. The van der Waals surface area contributed by atoms with Gasteiger partial charge in [-0.2, -0.15) is 15.1 Å². The van der Waals surface area contributed by atoms with Crippen LogP contribution in [0.1, 0.15) is 38.6 Å². The van der Waals surface area contributed by atoms with Gasteiger partial charge in [-0.3, -0.25) is 9.48 Å². The molecule has 3 aromatic heterocycles. The summed E-state index contributed by atoms with van der Waals surface area (Å²) in [6, 6.07) is 0.744. The second-order valence-electron chi connectivity index (χ2n) is 8.28. The lowest BCUT2D eigenvalue weighted by Gasteiger charge is -2.38. The number of rotatable bonds is 6.